The van der Waals surface area contributed by atoms with Crippen molar-refractivity contribution in [1.29, 1.82) is 0 Å². The lowest BCUT2D eigenvalue weighted by Crippen LogP contribution is -2.35. The molecule has 2 aromatic rings. The van der Waals surface area contributed by atoms with E-state index in [9.17, 15) is 9.59 Å². The molecule has 1 saturated heterocycles. The zero-order valence-corrected chi connectivity index (χ0v) is 15.3. The van der Waals surface area contributed by atoms with Crippen LogP contribution in [0, 0.1) is 0 Å². The number of benzene rings is 2. The Morgan fingerprint density at radius 3 is 1.88 bits per heavy atom. The number of halogens is 1. The summed E-state index contributed by atoms with van der Waals surface area (Å²) in [6.45, 7) is 1.61. The standard InChI is InChI=1S/C20H22ClN3O2/c21-16-7-5-15(6-8-16)19(25)22-17-9-11-18(12-10-17)23-20(26)24-13-3-1-2-4-14-24/h5-12H,1-4,13-14H2,(H,22,25)(H,23,26). The fourth-order valence-electron chi connectivity index (χ4n) is 2.92. The van der Waals surface area contributed by atoms with Crippen molar-refractivity contribution >= 4 is 34.9 Å². The van der Waals surface area contributed by atoms with E-state index < -0.39 is 0 Å². The largest absolute Gasteiger partial charge is 0.325 e. The maximum atomic E-state index is 12.3. The summed E-state index contributed by atoms with van der Waals surface area (Å²) in [4.78, 5) is 26.4. The molecule has 1 aliphatic rings. The van der Waals surface area contributed by atoms with Gasteiger partial charge in [0.25, 0.3) is 5.91 Å². The Bertz CT molecular complexity index is 752. The van der Waals surface area contributed by atoms with Gasteiger partial charge in [-0.3, -0.25) is 4.79 Å². The summed E-state index contributed by atoms with van der Waals surface area (Å²) in [6, 6.07) is 13.7. The topological polar surface area (TPSA) is 61.4 Å². The van der Waals surface area contributed by atoms with Gasteiger partial charge in [-0.15, -0.1) is 0 Å². The number of hydrogen-bond donors (Lipinski definition) is 2. The van der Waals surface area contributed by atoms with E-state index in [4.69, 9.17) is 11.6 Å². The van der Waals surface area contributed by atoms with E-state index in [1.54, 1.807) is 48.5 Å². The second-order valence-electron chi connectivity index (χ2n) is 6.37. The highest BCUT2D eigenvalue weighted by Crippen LogP contribution is 2.17. The molecule has 0 radical (unpaired) electrons. The highest BCUT2D eigenvalue weighted by atomic mass is 35.5. The van der Waals surface area contributed by atoms with Crippen molar-refractivity contribution in [3.8, 4) is 0 Å². The van der Waals surface area contributed by atoms with E-state index in [1.807, 2.05) is 4.90 Å². The summed E-state index contributed by atoms with van der Waals surface area (Å²) < 4.78 is 0. The quantitative estimate of drug-likeness (QED) is 0.797. The number of nitrogens with zero attached hydrogens (tertiary/aromatic N) is 1. The van der Waals surface area contributed by atoms with Crippen LogP contribution in [0.3, 0.4) is 0 Å². The lowest BCUT2D eigenvalue weighted by atomic mass is 10.2. The van der Waals surface area contributed by atoms with Crippen molar-refractivity contribution < 1.29 is 9.59 Å². The lowest BCUT2D eigenvalue weighted by molar-refractivity contribution is 0.102. The minimum absolute atomic E-state index is 0.0650. The van der Waals surface area contributed by atoms with Crippen LogP contribution in [0.2, 0.25) is 5.02 Å². The van der Waals surface area contributed by atoms with Gasteiger partial charge >= 0.3 is 6.03 Å². The van der Waals surface area contributed by atoms with Gasteiger partial charge in [0.15, 0.2) is 0 Å². The lowest BCUT2D eigenvalue weighted by Gasteiger charge is -2.20. The van der Waals surface area contributed by atoms with E-state index >= 15 is 0 Å². The SMILES string of the molecule is O=C(Nc1ccc(NC(=O)N2CCCCCC2)cc1)c1ccc(Cl)cc1. The van der Waals surface area contributed by atoms with Crippen molar-refractivity contribution in [2.45, 2.75) is 25.7 Å². The van der Waals surface area contributed by atoms with Crippen LogP contribution in [-0.4, -0.2) is 29.9 Å². The molecule has 2 aromatic carbocycles. The van der Waals surface area contributed by atoms with E-state index in [0.29, 0.717) is 22.0 Å². The van der Waals surface area contributed by atoms with E-state index in [2.05, 4.69) is 10.6 Å². The van der Waals surface area contributed by atoms with E-state index in [0.717, 1.165) is 25.9 Å². The van der Waals surface area contributed by atoms with E-state index in [-0.39, 0.29) is 11.9 Å². The molecule has 3 rings (SSSR count). The van der Waals surface area contributed by atoms with Gasteiger partial charge in [-0.2, -0.15) is 0 Å². The molecule has 1 aliphatic heterocycles. The average molecular weight is 372 g/mol. The first kappa shape index (κ1) is 18.3. The number of urea groups is 1. The molecule has 0 atom stereocenters. The summed E-state index contributed by atoms with van der Waals surface area (Å²) in [6.07, 6.45) is 4.49. The zero-order valence-electron chi connectivity index (χ0n) is 14.5. The van der Waals surface area contributed by atoms with Gasteiger partial charge in [0.05, 0.1) is 0 Å². The van der Waals surface area contributed by atoms with Gasteiger partial charge in [-0.25, -0.2) is 4.79 Å². The van der Waals surface area contributed by atoms with Crippen LogP contribution >= 0.6 is 11.6 Å². The molecule has 1 fully saturated rings. The second kappa shape index (κ2) is 8.72. The van der Waals surface area contributed by atoms with Gasteiger partial charge in [0.1, 0.15) is 0 Å². The number of rotatable bonds is 3. The smallest absolute Gasteiger partial charge is 0.321 e. The number of carbonyl (C=O) groups excluding carboxylic acids is 2. The number of anilines is 2. The Morgan fingerprint density at radius 2 is 1.31 bits per heavy atom. The first-order valence-electron chi connectivity index (χ1n) is 8.85. The second-order valence-corrected chi connectivity index (χ2v) is 6.81. The summed E-state index contributed by atoms with van der Waals surface area (Å²) in [5, 5.41) is 6.33. The molecule has 0 spiro atoms. The first-order chi connectivity index (χ1) is 12.6. The molecule has 2 N–H and O–H groups in total. The molecule has 1 heterocycles. The van der Waals surface area contributed by atoms with Crippen molar-refractivity contribution in [2.24, 2.45) is 0 Å². The minimum Gasteiger partial charge on any atom is -0.325 e. The highest BCUT2D eigenvalue weighted by molar-refractivity contribution is 6.30. The molecule has 0 aliphatic carbocycles. The van der Waals surface area contributed by atoms with Crippen LogP contribution in [0.25, 0.3) is 0 Å². The number of amides is 3. The minimum atomic E-state index is -0.206. The first-order valence-corrected chi connectivity index (χ1v) is 9.22. The number of hydrogen-bond acceptors (Lipinski definition) is 2. The highest BCUT2D eigenvalue weighted by Gasteiger charge is 2.15. The molecule has 0 unspecified atom stereocenters. The zero-order chi connectivity index (χ0) is 18.4. The Labute approximate surface area is 158 Å². The van der Waals surface area contributed by atoms with Crippen LogP contribution in [0.1, 0.15) is 36.0 Å². The molecule has 0 saturated carbocycles. The predicted octanol–water partition coefficient (Wildman–Crippen LogP) is 5.00. The van der Waals surface area contributed by atoms with Gasteiger partial charge in [0.2, 0.25) is 0 Å². The third-order valence-corrected chi connectivity index (χ3v) is 4.65. The van der Waals surface area contributed by atoms with E-state index in [1.165, 1.54) is 12.8 Å². The third-order valence-electron chi connectivity index (χ3n) is 4.39. The van der Waals surface area contributed by atoms with Crippen LogP contribution in [0.5, 0.6) is 0 Å². The average Bonchev–Trinajstić information content (AvgIpc) is 2.93. The molecule has 0 bridgehead atoms. The molecule has 136 valence electrons. The fraction of sp³-hybridized carbons (Fsp3) is 0.300. The third kappa shape index (κ3) is 4.99. The monoisotopic (exact) mass is 371 g/mol. The van der Waals surface area contributed by atoms with Crippen LogP contribution in [-0.2, 0) is 0 Å². The van der Waals surface area contributed by atoms with Crippen molar-refractivity contribution in [1.82, 2.24) is 4.90 Å². The van der Waals surface area contributed by atoms with Crippen LogP contribution in [0.15, 0.2) is 48.5 Å². The Morgan fingerprint density at radius 1 is 0.769 bits per heavy atom. The van der Waals surface area contributed by atoms with Gasteiger partial charge in [0, 0.05) is 35.1 Å². The summed E-state index contributed by atoms with van der Waals surface area (Å²) in [7, 11) is 0. The molecular weight excluding hydrogens is 350 g/mol. The molecule has 5 nitrogen and oxygen atoms in total. The number of carbonyl (C=O) groups is 2. The summed E-state index contributed by atoms with van der Waals surface area (Å²) in [5.41, 5.74) is 1.91. The van der Waals surface area contributed by atoms with Crippen molar-refractivity contribution in [3.63, 3.8) is 0 Å². The van der Waals surface area contributed by atoms with Gasteiger partial charge in [-0.1, -0.05) is 24.4 Å². The van der Waals surface area contributed by atoms with Crippen molar-refractivity contribution in [2.75, 3.05) is 23.7 Å². The normalized spacial score (nSPS) is 14.4. The predicted molar refractivity (Wildman–Crippen MR) is 105 cm³/mol. The summed E-state index contributed by atoms with van der Waals surface area (Å²) >= 11 is 5.83. The van der Waals surface area contributed by atoms with Crippen molar-refractivity contribution in [3.05, 3.63) is 59.1 Å². The Balaban J connectivity index is 1.56. The van der Waals surface area contributed by atoms with Gasteiger partial charge in [-0.05, 0) is 61.4 Å². The fourth-order valence-corrected chi connectivity index (χ4v) is 3.04. The molecule has 6 heteroatoms. The Kier molecular flexibility index (Phi) is 6.12. The number of nitrogens with one attached hydrogen (secondary N) is 2. The van der Waals surface area contributed by atoms with Crippen LogP contribution < -0.4 is 10.6 Å². The van der Waals surface area contributed by atoms with Gasteiger partial charge < -0.3 is 15.5 Å². The molecular formula is C20H22ClN3O2. The Hall–Kier alpha value is -2.53. The molecule has 0 aromatic heterocycles. The van der Waals surface area contributed by atoms with Crippen LogP contribution in [0.4, 0.5) is 16.2 Å². The molecule has 3 amide bonds. The summed E-state index contributed by atoms with van der Waals surface area (Å²) in [5.74, 6) is -0.206. The molecule has 26 heavy (non-hydrogen) atoms. The maximum Gasteiger partial charge on any atom is 0.321 e. The number of likely N-dealkylation sites (tertiary alicyclic amines) is 1. The maximum absolute atomic E-state index is 12.3.